The SMILES string of the molecule is Cc1cc(C)c2c(n1)oc1c(SCC(=O)N3CCOCC3)ncnc12. The maximum Gasteiger partial charge on any atom is 0.233 e. The Hall–Kier alpha value is -2.19. The largest absolute Gasteiger partial charge is 0.433 e. The molecule has 1 saturated heterocycles. The summed E-state index contributed by atoms with van der Waals surface area (Å²) in [5.74, 6) is 0.399. The number of pyridine rings is 1. The molecule has 1 amide bonds. The van der Waals surface area contributed by atoms with Gasteiger partial charge in [-0.25, -0.2) is 15.0 Å². The molecule has 0 unspecified atom stereocenters. The van der Waals surface area contributed by atoms with Gasteiger partial charge in [0.05, 0.1) is 24.4 Å². The third kappa shape index (κ3) is 3.07. The molecule has 1 aliphatic heterocycles. The molecule has 3 aromatic rings. The highest BCUT2D eigenvalue weighted by molar-refractivity contribution is 8.00. The summed E-state index contributed by atoms with van der Waals surface area (Å²) >= 11 is 1.37. The van der Waals surface area contributed by atoms with E-state index in [-0.39, 0.29) is 5.91 Å². The number of carbonyl (C=O) groups is 1. The Morgan fingerprint density at radius 3 is 2.88 bits per heavy atom. The first kappa shape index (κ1) is 16.3. The van der Waals surface area contributed by atoms with Crippen molar-refractivity contribution in [2.24, 2.45) is 0 Å². The van der Waals surface area contributed by atoms with E-state index in [0.717, 1.165) is 22.2 Å². The number of fused-ring (bicyclic) bond motifs is 3. The van der Waals surface area contributed by atoms with Crippen molar-refractivity contribution in [3.8, 4) is 0 Å². The summed E-state index contributed by atoms with van der Waals surface area (Å²) in [5.41, 5.74) is 3.87. The molecule has 8 heteroatoms. The highest BCUT2D eigenvalue weighted by atomic mass is 32.2. The van der Waals surface area contributed by atoms with Gasteiger partial charge in [0.25, 0.3) is 0 Å². The average molecular weight is 358 g/mol. The minimum Gasteiger partial charge on any atom is -0.433 e. The molecule has 0 aromatic carbocycles. The van der Waals surface area contributed by atoms with Crippen molar-refractivity contribution in [3.05, 3.63) is 23.7 Å². The first-order valence-corrected chi connectivity index (χ1v) is 9.12. The number of aromatic nitrogens is 3. The van der Waals surface area contributed by atoms with Crippen LogP contribution in [0.25, 0.3) is 22.2 Å². The van der Waals surface area contributed by atoms with Crippen molar-refractivity contribution in [1.82, 2.24) is 19.9 Å². The molecule has 0 radical (unpaired) electrons. The zero-order chi connectivity index (χ0) is 17.4. The van der Waals surface area contributed by atoms with Gasteiger partial charge in [0.2, 0.25) is 11.6 Å². The van der Waals surface area contributed by atoms with Crippen molar-refractivity contribution >= 4 is 39.9 Å². The van der Waals surface area contributed by atoms with Gasteiger partial charge < -0.3 is 14.1 Å². The number of morpholine rings is 1. The molecular weight excluding hydrogens is 340 g/mol. The van der Waals surface area contributed by atoms with Crippen molar-refractivity contribution in [2.45, 2.75) is 18.9 Å². The number of furan rings is 1. The van der Waals surface area contributed by atoms with Gasteiger partial charge >= 0.3 is 0 Å². The van der Waals surface area contributed by atoms with Gasteiger partial charge in [0.1, 0.15) is 16.9 Å². The van der Waals surface area contributed by atoms with Gasteiger partial charge in [0, 0.05) is 18.8 Å². The number of carbonyl (C=O) groups excluding carboxylic acids is 1. The smallest absolute Gasteiger partial charge is 0.233 e. The number of ether oxygens (including phenoxy) is 1. The molecule has 1 fully saturated rings. The van der Waals surface area contributed by atoms with Crippen LogP contribution in [0.4, 0.5) is 0 Å². The second-order valence-electron chi connectivity index (χ2n) is 6.00. The van der Waals surface area contributed by atoms with Crippen LogP contribution < -0.4 is 0 Å². The van der Waals surface area contributed by atoms with Crippen molar-refractivity contribution in [1.29, 1.82) is 0 Å². The maximum absolute atomic E-state index is 12.3. The van der Waals surface area contributed by atoms with E-state index in [2.05, 4.69) is 15.0 Å². The highest BCUT2D eigenvalue weighted by Gasteiger charge is 2.20. The summed E-state index contributed by atoms with van der Waals surface area (Å²) < 4.78 is 11.2. The normalized spacial score (nSPS) is 15.2. The van der Waals surface area contributed by atoms with Crippen molar-refractivity contribution in [2.75, 3.05) is 32.1 Å². The predicted molar refractivity (Wildman–Crippen MR) is 94.7 cm³/mol. The second kappa shape index (κ2) is 6.61. The number of amides is 1. The summed E-state index contributed by atoms with van der Waals surface area (Å²) in [6.45, 7) is 6.44. The Morgan fingerprint density at radius 1 is 1.28 bits per heavy atom. The zero-order valence-electron chi connectivity index (χ0n) is 14.1. The van der Waals surface area contributed by atoms with Crippen LogP contribution in [0.15, 0.2) is 21.8 Å². The Labute approximate surface area is 148 Å². The van der Waals surface area contributed by atoms with Gasteiger partial charge in [-0.2, -0.15) is 0 Å². The van der Waals surface area contributed by atoms with Crippen LogP contribution in [-0.4, -0.2) is 57.8 Å². The van der Waals surface area contributed by atoms with Gasteiger partial charge in [-0.3, -0.25) is 4.79 Å². The molecule has 25 heavy (non-hydrogen) atoms. The number of hydrogen-bond acceptors (Lipinski definition) is 7. The molecule has 0 saturated carbocycles. The molecule has 0 spiro atoms. The monoisotopic (exact) mass is 358 g/mol. The molecule has 7 nitrogen and oxygen atoms in total. The van der Waals surface area contributed by atoms with Crippen molar-refractivity contribution in [3.63, 3.8) is 0 Å². The molecule has 3 aromatic heterocycles. The summed E-state index contributed by atoms with van der Waals surface area (Å²) in [5, 5.41) is 1.58. The molecule has 1 aliphatic rings. The highest BCUT2D eigenvalue weighted by Crippen LogP contribution is 2.33. The molecule has 4 rings (SSSR count). The number of nitrogens with zero attached hydrogens (tertiary/aromatic N) is 4. The standard InChI is InChI=1S/C17H18N4O3S/c1-10-7-11(2)20-16-13(10)14-15(24-16)17(19-9-18-14)25-8-12(22)21-3-5-23-6-4-21/h7,9H,3-6,8H2,1-2H3. The van der Waals surface area contributed by atoms with Gasteiger partial charge in [-0.1, -0.05) is 11.8 Å². The van der Waals surface area contributed by atoms with Crippen LogP contribution in [0.1, 0.15) is 11.3 Å². The Balaban J connectivity index is 1.63. The topological polar surface area (TPSA) is 81.4 Å². The second-order valence-corrected chi connectivity index (χ2v) is 6.97. The Bertz CT molecular complexity index is 950. The fraction of sp³-hybridized carbons (Fsp3) is 0.412. The van der Waals surface area contributed by atoms with E-state index < -0.39 is 0 Å². The first-order chi connectivity index (χ1) is 12.1. The quantitative estimate of drug-likeness (QED) is 0.525. The van der Waals surface area contributed by atoms with Gasteiger partial charge in [0.15, 0.2) is 5.58 Å². The first-order valence-electron chi connectivity index (χ1n) is 8.13. The van der Waals surface area contributed by atoms with Gasteiger partial charge in [-0.15, -0.1) is 0 Å². The van der Waals surface area contributed by atoms with E-state index in [9.17, 15) is 4.79 Å². The lowest BCUT2D eigenvalue weighted by Crippen LogP contribution is -2.41. The van der Waals surface area contributed by atoms with Crippen LogP contribution in [-0.2, 0) is 9.53 Å². The number of thioether (sulfide) groups is 1. The Kier molecular flexibility index (Phi) is 4.30. The van der Waals surface area contributed by atoms with Crippen LogP contribution in [0, 0.1) is 13.8 Å². The summed E-state index contributed by atoms with van der Waals surface area (Å²) in [6.07, 6.45) is 1.51. The number of hydrogen-bond donors (Lipinski definition) is 0. The third-order valence-electron chi connectivity index (χ3n) is 4.21. The van der Waals surface area contributed by atoms with E-state index in [1.165, 1.54) is 18.1 Å². The van der Waals surface area contributed by atoms with E-state index in [0.29, 0.717) is 48.4 Å². The lowest BCUT2D eigenvalue weighted by atomic mass is 10.1. The summed E-state index contributed by atoms with van der Waals surface area (Å²) in [4.78, 5) is 27.3. The minimum atomic E-state index is 0.0846. The fourth-order valence-corrected chi connectivity index (χ4v) is 3.86. The minimum absolute atomic E-state index is 0.0846. The third-order valence-corrected chi connectivity index (χ3v) is 5.17. The number of rotatable bonds is 3. The van der Waals surface area contributed by atoms with E-state index in [1.807, 2.05) is 24.8 Å². The molecule has 0 bridgehead atoms. The summed E-state index contributed by atoms with van der Waals surface area (Å²) in [6, 6.07) is 2.01. The fourth-order valence-electron chi connectivity index (χ4n) is 3.03. The van der Waals surface area contributed by atoms with E-state index in [4.69, 9.17) is 9.15 Å². The van der Waals surface area contributed by atoms with Gasteiger partial charge in [-0.05, 0) is 25.5 Å². The molecule has 130 valence electrons. The van der Waals surface area contributed by atoms with Crippen LogP contribution in [0.5, 0.6) is 0 Å². The van der Waals surface area contributed by atoms with Crippen molar-refractivity contribution < 1.29 is 13.9 Å². The average Bonchev–Trinajstić information content (AvgIpc) is 2.99. The Morgan fingerprint density at radius 2 is 2.08 bits per heavy atom. The molecule has 0 aliphatic carbocycles. The lowest BCUT2D eigenvalue weighted by Gasteiger charge is -2.26. The lowest BCUT2D eigenvalue weighted by molar-refractivity contribution is -0.132. The molecule has 4 heterocycles. The van der Waals surface area contributed by atoms with E-state index in [1.54, 1.807) is 0 Å². The van der Waals surface area contributed by atoms with E-state index >= 15 is 0 Å². The molecular formula is C17H18N4O3S. The van der Waals surface area contributed by atoms with Crippen LogP contribution in [0.2, 0.25) is 0 Å². The van der Waals surface area contributed by atoms with Crippen LogP contribution in [0.3, 0.4) is 0 Å². The van der Waals surface area contributed by atoms with Crippen LogP contribution >= 0.6 is 11.8 Å². The molecule has 0 atom stereocenters. The summed E-state index contributed by atoms with van der Waals surface area (Å²) in [7, 11) is 0. The molecule has 0 N–H and O–H groups in total. The zero-order valence-corrected chi connectivity index (χ0v) is 14.9. The predicted octanol–water partition coefficient (Wildman–Crippen LogP) is 2.34. The number of aryl methyl sites for hydroxylation is 2. The maximum atomic E-state index is 12.3.